The number of aliphatic carboxylic acids is 1. The van der Waals surface area contributed by atoms with Gasteiger partial charge in [-0.1, -0.05) is 75.2 Å². The summed E-state index contributed by atoms with van der Waals surface area (Å²) in [5.41, 5.74) is 6.55. The van der Waals surface area contributed by atoms with Crippen molar-refractivity contribution >= 4 is 12.0 Å². The fraction of sp³-hybridized carbons (Fsp3) is 0.483. The van der Waals surface area contributed by atoms with E-state index in [2.05, 4.69) is 70.2 Å². The summed E-state index contributed by atoms with van der Waals surface area (Å²) in [6.07, 6.45) is 10.7. The maximum atomic E-state index is 11.0. The maximum Gasteiger partial charge on any atom is 0.303 e. The lowest BCUT2D eigenvalue weighted by Gasteiger charge is -2.34. The zero-order valence-corrected chi connectivity index (χ0v) is 20.1. The molecule has 3 nitrogen and oxygen atoms in total. The van der Waals surface area contributed by atoms with E-state index < -0.39 is 11.6 Å². The zero-order chi connectivity index (χ0) is 23.4. The van der Waals surface area contributed by atoms with Crippen molar-refractivity contribution in [3.63, 3.8) is 0 Å². The number of carboxylic acid groups (broad SMARTS) is 1. The first-order valence-electron chi connectivity index (χ1n) is 12.1. The van der Waals surface area contributed by atoms with Gasteiger partial charge in [0.1, 0.15) is 0 Å². The van der Waals surface area contributed by atoms with Crippen molar-refractivity contribution in [1.29, 1.82) is 0 Å². The van der Waals surface area contributed by atoms with Gasteiger partial charge in [0.2, 0.25) is 0 Å². The Bertz CT molecular complexity index is 976. The molecule has 2 aromatic rings. The van der Waals surface area contributed by atoms with Crippen LogP contribution in [0.5, 0.6) is 0 Å². The SMILES string of the molecule is CCC(CC)(c1ccc(/C=C/C2(O)CCCC2)c(C)c1)c1ccc(CCC(=O)O)c(C)c1. The van der Waals surface area contributed by atoms with Crippen LogP contribution in [-0.4, -0.2) is 21.8 Å². The minimum absolute atomic E-state index is 0.0766. The standard InChI is InChI=1S/C29H38O3/c1-5-29(6-2,25-12-9-23(21(3)19-25)11-14-27(30)31)26-13-10-24(22(4)20-26)15-18-28(32)16-7-8-17-28/h9-10,12-13,15,18-20,32H,5-8,11,14,16-17H2,1-4H3,(H,30,31)/b18-15+. The molecule has 0 radical (unpaired) electrons. The van der Waals surface area contributed by atoms with Crippen LogP contribution in [0.3, 0.4) is 0 Å². The van der Waals surface area contributed by atoms with Crippen molar-refractivity contribution < 1.29 is 15.0 Å². The summed E-state index contributed by atoms with van der Waals surface area (Å²) in [6, 6.07) is 13.3. The van der Waals surface area contributed by atoms with E-state index in [1.165, 1.54) is 16.7 Å². The third-order valence-corrected chi connectivity index (χ3v) is 7.58. The van der Waals surface area contributed by atoms with Crippen LogP contribution in [0.1, 0.15) is 92.2 Å². The lowest BCUT2D eigenvalue weighted by atomic mass is 9.69. The minimum atomic E-state index is -0.755. The molecule has 0 amide bonds. The van der Waals surface area contributed by atoms with Crippen molar-refractivity contribution in [2.24, 2.45) is 0 Å². The van der Waals surface area contributed by atoms with E-state index >= 15 is 0 Å². The van der Waals surface area contributed by atoms with E-state index in [9.17, 15) is 9.90 Å². The Morgan fingerprint density at radius 3 is 2.12 bits per heavy atom. The molecule has 0 unspecified atom stereocenters. The second-order valence-electron chi connectivity index (χ2n) is 9.54. The van der Waals surface area contributed by atoms with Gasteiger partial charge in [0.25, 0.3) is 0 Å². The Balaban J connectivity index is 1.92. The number of carbonyl (C=O) groups is 1. The lowest BCUT2D eigenvalue weighted by Crippen LogP contribution is -2.26. The molecular weight excluding hydrogens is 396 g/mol. The first kappa shape index (κ1) is 24.3. The Kier molecular flexibility index (Phi) is 7.61. The molecule has 32 heavy (non-hydrogen) atoms. The van der Waals surface area contributed by atoms with Crippen LogP contribution in [0.15, 0.2) is 42.5 Å². The van der Waals surface area contributed by atoms with E-state index in [-0.39, 0.29) is 11.8 Å². The van der Waals surface area contributed by atoms with Gasteiger partial charge in [-0.05, 0) is 79.3 Å². The summed E-state index contributed by atoms with van der Waals surface area (Å²) < 4.78 is 0. The molecule has 0 heterocycles. The minimum Gasteiger partial charge on any atom is -0.481 e. The molecule has 1 saturated carbocycles. The normalized spacial score (nSPS) is 16.0. The molecule has 172 valence electrons. The summed E-state index contributed by atoms with van der Waals surface area (Å²) in [6.45, 7) is 8.73. The van der Waals surface area contributed by atoms with Crippen LogP contribution >= 0.6 is 0 Å². The van der Waals surface area contributed by atoms with Gasteiger partial charge in [-0.2, -0.15) is 0 Å². The Morgan fingerprint density at radius 2 is 1.59 bits per heavy atom. The number of hydrogen-bond donors (Lipinski definition) is 2. The van der Waals surface area contributed by atoms with Crippen molar-refractivity contribution in [2.45, 2.75) is 90.1 Å². The van der Waals surface area contributed by atoms with Gasteiger partial charge < -0.3 is 10.2 Å². The van der Waals surface area contributed by atoms with Crippen LogP contribution in [0, 0.1) is 13.8 Å². The third-order valence-electron chi connectivity index (χ3n) is 7.58. The van der Waals surface area contributed by atoms with Crippen LogP contribution in [0.25, 0.3) is 6.08 Å². The fourth-order valence-corrected chi connectivity index (χ4v) is 5.31. The topological polar surface area (TPSA) is 57.5 Å². The van der Waals surface area contributed by atoms with E-state index in [1.54, 1.807) is 0 Å². The highest BCUT2D eigenvalue weighted by Gasteiger charge is 2.31. The van der Waals surface area contributed by atoms with E-state index in [4.69, 9.17) is 5.11 Å². The van der Waals surface area contributed by atoms with E-state index in [0.717, 1.165) is 55.2 Å². The first-order valence-corrected chi connectivity index (χ1v) is 12.1. The Labute approximate surface area is 193 Å². The maximum absolute atomic E-state index is 11.0. The van der Waals surface area contributed by atoms with Crippen LogP contribution < -0.4 is 0 Å². The largest absolute Gasteiger partial charge is 0.481 e. The molecular formula is C29H38O3. The molecule has 0 spiro atoms. The van der Waals surface area contributed by atoms with E-state index in [1.807, 2.05) is 6.08 Å². The summed E-state index contributed by atoms with van der Waals surface area (Å²) >= 11 is 0. The fourth-order valence-electron chi connectivity index (χ4n) is 5.31. The molecule has 0 saturated heterocycles. The zero-order valence-electron chi connectivity index (χ0n) is 20.1. The van der Waals surface area contributed by atoms with Gasteiger partial charge in [0.05, 0.1) is 5.60 Å². The number of aryl methyl sites for hydroxylation is 3. The van der Waals surface area contributed by atoms with Gasteiger partial charge in [-0.15, -0.1) is 0 Å². The molecule has 2 aromatic carbocycles. The summed E-state index contributed by atoms with van der Waals surface area (Å²) in [5.74, 6) is -0.755. The number of carboxylic acids is 1. The summed E-state index contributed by atoms with van der Waals surface area (Å²) in [4.78, 5) is 11.0. The molecule has 2 N–H and O–H groups in total. The molecule has 0 aromatic heterocycles. The average molecular weight is 435 g/mol. The molecule has 1 aliphatic rings. The predicted octanol–water partition coefficient (Wildman–Crippen LogP) is 6.75. The molecule has 3 rings (SSSR count). The molecule has 0 aliphatic heterocycles. The molecule has 1 fully saturated rings. The van der Waals surface area contributed by atoms with Crippen molar-refractivity contribution in [1.82, 2.24) is 0 Å². The highest BCUT2D eigenvalue weighted by molar-refractivity contribution is 5.67. The van der Waals surface area contributed by atoms with E-state index in [0.29, 0.717) is 6.42 Å². The van der Waals surface area contributed by atoms with Gasteiger partial charge >= 0.3 is 5.97 Å². The number of rotatable bonds is 9. The summed E-state index contributed by atoms with van der Waals surface area (Å²) in [7, 11) is 0. The highest BCUT2D eigenvalue weighted by Crippen LogP contribution is 2.40. The Hall–Kier alpha value is -2.39. The summed E-state index contributed by atoms with van der Waals surface area (Å²) in [5, 5.41) is 19.7. The smallest absolute Gasteiger partial charge is 0.303 e. The number of hydrogen-bond acceptors (Lipinski definition) is 2. The van der Waals surface area contributed by atoms with Crippen molar-refractivity contribution in [3.05, 3.63) is 75.9 Å². The molecule has 0 atom stereocenters. The second kappa shape index (κ2) is 10.0. The number of aliphatic hydroxyl groups is 1. The third kappa shape index (κ3) is 5.15. The van der Waals surface area contributed by atoms with Gasteiger partial charge in [-0.25, -0.2) is 0 Å². The van der Waals surface area contributed by atoms with Gasteiger partial charge in [0.15, 0.2) is 0 Å². The average Bonchev–Trinajstić information content (AvgIpc) is 3.20. The van der Waals surface area contributed by atoms with Crippen molar-refractivity contribution in [2.75, 3.05) is 0 Å². The van der Waals surface area contributed by atoms with Gasteiger partial charge in [-0.3, -0.25) is 4.79 Å². The quantitative estimate of drug-likeness (QED) is 0.459. The molecule has 3 heteroatoms. The highest BCUT2D eigenvalue weighted by atomic mass is 16.4. The van der Waals surface area contributed by atoms with Crippen molar-refractivity contribution in [3.8, 4) is 0 Å². The predicted molar refractivity (Wildman–Crippen MR) is 132 cm³/mol. The van der Waals surface area contributed by atoms with Gasteiger partial charge in [0, 0.05) is 11.8 Å². The molecule has 0 bridgehead atoms. The van der Waals surface area contributed by atoms with Crippen LogP contribution in [-0.2, 0) is 16.6 Å². The lowest BCUT2D eigenvalue weighted by molar-refractivity contribution is -0.136. The number of benzene rings is 2. The second-order valence-corrected chi connectivity index (χ2v) is 9.54. The Morgan fingerprint density at radius 1 is 1.00 bits per heavy atom. The monoisotopic (exact) mass is 434 g/mol. The molecule has 1 aliphatic carbocycles. The van der Waals surface area contributed by atoms with Crippen LogP contribution in [0.4, 0.5) is 0 Å². The van der Waals surface area contributed by atoms with Crippen LogP contribution in [0.2, 0.25) is 0 Å². The first-order chi connectivity index (χ1) is 15.2.